The van der Waals surface area contributed by atoms with Crippen LogP contribution in [0.3, 0.4) is 0 Å². The fourth-order valence-electron chi connectivity index (χ4n) is 3.75. The van der Waals surface area contributed by atoms with E-state index in [9.17, 15) is 0 Å². The second kappa shape index (κ2) is 6.53. The van der Waals surface area contributed by atoms with Gasteiger partial charge in [0.2, 0.25) is 0 Å². The lowest BCUT2D eigenvalue weighted by molar-refractivity contribution is -0.109. The summed E-state index contributed by atoms with van der Waals surface area (Å²) in [5.41, 5.74) is 6.29. The Bertz CT molecular complexity index is 271. The summed E-state index contributed by atoms with van der Waals surface area (Å²) >= 11 is 0. The minimum absolute atomic E-state index is 0.207. The van der Waals surface area contributed by atoms with Gasteiger partial charge in [0.1, 0.15) is 0 Å². The van der Waals surface area contributed by atoms with Crippen molar-refractivity contribution < 1.29 is 4.74 Å². The van der Waals surface area contributed by atoms with Crippen molar-refractivity contribution in [3.8, 4) is 0 Å². The van der Waals surface area contributed by atoms with Crippen molar-refractivity contribution in [1.29, 1.82) is 0 Å². The topological polar surface area (TPSA) is 41.7 Å². The Hall–Kier alpha value is -0.160. The van der Waals surface area contributed by atoms with E-state index in [1.807, 2.05) is 0 Å². The first-order chi connectivity index (χ1) is 9.15. The third kappa shape index (κ3) is 3.13. The first-order valence-corrected chi connectivity index (χ1v) is 7.92. The third-order valence-electron chi connectivity index (χ3n) is 5.30. The molecule has 0 amide bonds. The van der Waals surface area contributed by atoms with Crippen LogP contribution in [0.4, 0.5) is 0 Å². The molecule has 0 unspecified atom stereocenters. The van der Waals surface area contributed by atoms with E-state index in [1.165, 1.54) is 32.5 Å². The Morgan fingerprint density at radius 1 is 1.26 bits per heavy atom. The highest BCUT2D eigenvalue weighted by Crippen LogP contribution is 2.40. The van der Waals surface area contributed by atoms with Gasteiger partial charge in [0, 0.05) is 24.7 Å². The minimum Gasteiger partial charge on any atom is -0.378 e. The maximum Gasteiger partial charge on any atom is 0.0611 e. The summed E-state index contributed by atoms with van der Waals surface area (Å²) in [6.45, 7) is 9.58. The predicted octanol–water partition coefficient (Wildman–Crippen LogP) is 1.30. The van der Waals surface area contributed by atoms with Gasteiger partial charge in [-0.1, -0.05) is 6.92 Å². The molecule has 0 aromatic heterocycles. The van der Waals surface area contributed by atoms with Crippen molar-refractivity contribution >= 4 is 0 Å². The number of rotatable bonds is 6. The van der Waals surface area contributed by atoms with E-state index in [2.05, 4.69) is 30.7 Å². The van der Waals surface area contributed by atoms with Crippen molar-refractivity contribution in [2.75, 3.05) is 39.8 Å². The molecule has 0 atom stereocenters. The minimum atomic E-state index is 0.207. The molecule has 4 nitrogen and oxygen atoms in total. The Morgan fingerprint density at radius 2 is 1.89 bits per heavy atom. The number of nitrogens with zero attached hydrogens (tertiary/aromatic N) is 2. The molecule has 2 aliphatic rings. The van der Waals surface area contributed by atoms with Crippen molar-refractivity contribution in [2.45, 2.75) is 57.2 Å². The summed E-state index contributed by atoms with van der Waals surface area (Å²) in [6, 6.07) is 0.703. The van der Waals surface area contributed by atoms with Crippen LogP contribution in [0.1, 0.15) is 39.5 Å². The van der Waals surface area contributed by atoms with Gasteiger partial charge in [-0.05, 0) is 59.3 Å². The van der Waals surface area contributed by atoms with Gasteiger partial charge in [-0.3, -0.25) is 4.90 Å². The predicted molar refractivity (Wildman–Crippen MR) is 79.3 cm³/mol. The van der Waals surface area contributed by atoms with Crippen molar-refractivity contribution in [3.05, 3.63) is 0 Å². The summed E-state index contributed by atoms with van der Waals surface area (Å²) in [4.78, 5) is 5.12. The van der Waals surface area contributed by atoms with Crippen molar-refractivity contribution in [3.63, 3.8) is 0 Å². The van der Waals surface area contributed by atoms with Crippen LogP contribution in [0.2, 0.25) is 0 Å². The lowest BCUT2D eigenvalue weighted by Crippen LogP contribution is -2.66. The molecule has 1 saturated heterocycles. The molecule has 0 aromatic rings. The zero-order valence-corrected chi connectivity index (χ0v) is 12.9. The Morgan fingerprint density at radius 3 is 2.37 bits per heavy atom. The van der Waals surface area contributed by atoms with E-state index in [0.717, 1.165) is 26.0 Å². The highest BCUT2D eigenvalue weighted by Gasteiger charge is 2.48. The standard InChI is InChI=1S/C15H31N3O/c1-4-18-8-6-13(7-9-18)17(3)15(12-16)10-14(11-15)19-5-2/h13-14H,4-12,16H2,1-3H3. The Kier molecular flexibility index (Phi) is 5.23. The molecule has 0 spiro atoms. The van der Waals surface area contributed by atoms with Gasteiger partial charge in [-0.15, -0.1) is 0 Å². The monoisotopic (exact) mass is 269 g/mol. The zero-order chi connectivity index (χ0) is 13.9. The van der Waals surface area contributed by atoms with Crippen molar-refractivity contribution in [1.82, 2.24) is 9.80 Å². The van der Waals surface area contributed by atoms with E-state index in [1.54, 1.807) is 0 Å². The van der Waals surface area contributed by atoms with Crippen LogP contribution in [0.25, 0.3) is 0 Å². The number of ether oxygens (including phenoxy) is 1. The van der Waals surface area contributed by atoms with Crippen LogP contribution in [-0.2, 0) is 4.74 Å². The average Bonchev–Trinajstić information content (AvgIpc) is 2.42. The smallest absolute Gasteiger partial charge is 0.0611 e. The molecule has 19 heavy (non-hydrogen) atoms. The third-order valence-corrected chi connectivity index (χ3v) is 5.30. The maximum absolute atomic E-state index is 6.08. The average molecular weight is 269 g/mol. The molecule has 1 saturated carbocycles. The molecule has 1 heterocycles. The molecular weight excluding hydrogens is 238 g/mol. The summed E-state index contributed by atoms with van der Waals surface area (Å²) in [6.07, 6.45) is 5.23. The van der Waals surface area contributed by atoms with Gasteiger partial charge in [-0.2, -0.15) is 0 Å². The van der Waals surface area contributed by atoms with E-state index in [-0.39, 0.29) is 5.54 Å². The van der Waals surface area contributed by atoms with Crippen LogP contribution in [-0.4, -0.2) is 67.3 Å². The molecule has 4 heteroatoms. The van der Waals surface area contributed by atoms with Crippen molar-refractivity contribution in [2.24, 2.45) is 5.73 Å². The molecule has 1 aliphatic carbocycles. The number of nitrogens with two attached hydrogens (primary N) is 1. The molecule has 2 rings (SSSR count). The molecule has 112 valence electrons. The number of hydrogen-bond donors (Lipinski definition) is 1. The lowest BCUT2D eigenvalue weighted by Gasteiger charge is -2.55. The second-order valence-corrected chi connectivity index (χ2v) is 6.19. The van der Waals surface area contributed by atoms with Gasteiger partial charge in [0.25, 0.3) is 0 Å². The molecule has 1 aliphatic heterocycles. The molecular formula is C15H31N3O. The number of likely N-dealkylation sites (N-methyl/N-ethyl adjacent to an activating group) is 1. The summed E-state index contributed by atoms with van der Waals surface area (Å²) < 4.78 is 5.72. The molecule has 0 aromatic carbocycles. The number of hydrogen-bond acceptors (Lipinski definition) is 4. The molecule has 0 radical (unpaired) electrons. The zero-order valence-electron chi connectivity index (χ0n) is 12.9. The highest BCUT2D eigenvalue weighted by molar-refractivity contribution is 5.05. The second-order valence-electron chi connectivity index (χ2n) is 6.19. The van der Waals surface area contributed by atoms with Crippen LogP contribution in [0.15, 0.2) is 0 Å². The first kappa shape index (κ1) is 15.2. The molecule has 2 fully saturated rings. The van der Waals surface area contributed by atoms with Crippen LogP contribution in [0.5, 0.6) is 0 Å². The number of piperidine rings is 1. The summed E-state index contributed by atoms with van der Waals surface area (Å²) in [5.74, 6) is 0. The Balaban J connectivity index is 1.86. The van der Waals surface area contributed by atoms with Gasteiger partial charge in [0.05, 0.1) is 6.10 Å². The van der Waals surface area contributed by atoms with Crippen LogP contribution >= 0.6 is 0 Å². The number of likely N-dealkylation sites (tertiary alicyclic amines) is 1. The fourth-order valence-corrected chi connectivity index (χ4v) is 3.75. The summed E-state index contributed by atoms with van der Waals surface area (Å²) in [5, 5.41) is 0. The van der Waals surface area contributed by atoms with Gasteiger partial charge in [-0.25, -0.2) is 0 Å². The van der Waals surface area contributed by atoms with E-state index >= 15 is 0 Å². The van der Waals surface area contributed by atoms with E-state index < -0.39 is 0 Å². The fraction of sp³-hybridized carbons (Fsp3) is 1.00. The SMILES string of the molecule is CCOC1CC(CN)(N(C)C2CCN(CC)CC2)C1. The van der Waals surface area contributed by atoms with E-state index in [0.29, 0.717) is 12.1 Å². The molecule has 0 bridgehead atoms. The molecule has 2 N–H and O–H groups in total. The lowest BCUT2D eigenvalue weighted by atomic mass is 9.72. The summed E-state index contributed by atoms with van der Waals surface area (Å²) in [7, 11) is 2.28. The first-order valence-electron chi connectivity index (χ1n) is 7.92. The van der Waals surface area contributed by atoms with E-state index in [4.69, 9.17) is 10.5 Å². The normalized spacial score (nSPS) is 33.6. The maximum atomic E-state index is 6.08. The van der Waals surface area contributed by atoms with Crippen LogP contribution in [0, 0.1) is 0 Å². The largest absolute Gasteiger partial charge is 0.378 e. The van der Waals surface area contributed by atoms with Gasteiger partial charge in [0.15, 0.2) is 0 Å². The quantitative estimate of drug-likeness (QED) is 0.789. The Labute approximate surface area is 118 Å². The highest BCUT2D eigenvalue weighted by atomic mass is 16.5. The van der Waals surface area contributed by atoms with Crippen LogP contribution < -0.4 is 5.73 Å². The van der Waals surface area contributed by atoms with Gasteiger partial charge < -0.3 is 15.4 Å². The van der Waals surface area contributed by atoms with Gasteiger partial charge >= 0.3 is 0 Å².